The Morgan fingerprint density at radius 1 is 0.577 bits per heavy atom. The van der Waals surface area contributed by atoms with E-state index in [4.69, 9.17) is 44.0 Å². The average Bonchev–Trinajstić information content (AvgIpc) is 1.30. The number of alkyl halides is 1. The summed E-state index contributed by atoms with van der Waals surface area (Å²) in [5.41, 5.74) is 34.3. The van der Waals surface area contributed by atoms with Crippen LogP contribution in [-0.4, -0.2) is 121 Å². The molecular formula is C78H144FN4O10Pt2S2-. The van der Waals surface area contributed by atoms with E-state index in [0.29, 0.717) is 52.8 Å². The third-order valence-electron chi connectivity index (χ3n) is 26.4. The van der Waals surface area contributed by atoms with Crippen LogP contribution in [0.5, 0.6) is 0 Å². The van der Waals surface area contributed by atoms with Crippen LogP contribution < -0.4 is 0 Å². The first-order valence-electron chi connectivity index (χ1n) is 38.3. The molecule has 0 spiro atoms. The van der Waals surface area contributed by atoms with Crippen LogP contribution in [0.1, 0.15) is 284 Å². The summed E-state index contributed by atoms with van der Waals surface area (Å²) in [6.07, 6.45) is 45.0. The van der Waals surface area contributed by atoms with Crippen LogP contribution in [0, 0.1) is 92.7 Å². The number of aliphatic carboxylic acids is 2. The minimum absolute atomic E-state index is 0. The summed E-state index contributed by atoms with van der Waals surface area (Å²) in [6.45, 7) is 26.3. The molecule has 0 heterocycles. The Hall–Kier alpha value is -0.293. The van der Waals surface area contributed by atoms with Gasteiger partial charge >= 0.3 is 33.0 Å². The van der Waals surface area contributed by atoms with Crippen molar-refractivity contribution in [1.29, 1.82) is 0 Å². The molecule has 0 aliphatic heterocycles. The number of hydrogen-bond acceptors (Lipinski definition) is 5. The van der Waals surface area contributed by atoms with E-state index in [-0.39, 0.29) is 108 Å². The Kier molecular flexibility index (Phi) is 43.3. The van der Waals surface area contributed by atoms with E-state index in [1.54, 1.807) is 11.1 Å². The predicted octanol–water partition coefficient (Wildman–Crippen LogP) is 19.8. The summed E-state index contributed by atoms with van der Waals surface area (Å²) >= 11 is 0. The fourth-order valence-electron chi connectivity index (χ4n) is 21.2. The number of carbonyl (C=O) groups is 2. The van der Waals surface area contributed by atoms with Gasteiger partial charge in [-0.2, -0.15) is 24.2 Å². The van der Waals surface area contributed by atoms with Crippen molar-refractivity contribution in [2.75, 3.05) is 43.4 Å². The monoisotopic (exact) mass is 1770 g/mol. The van der Waals surface area contributed by atoms with Gasteiger partial charge in [0, 0.05) is 50.8 Å². The first kappa shape index (κ1) is 92.8. The summed E-state index contributed by atoms with van der Waals surface area (Å²) in [5, 5.41) is 17.6. The van der Waals surface area contributed by atoms with Crippen LogP contribution in [-0.2, 0) is 82.8 Å². The Balaban J connectivity index is 0.000000740. The zero-order valence-electron chi connectivity index (χ0n) is 62.3. The Labute approximate surface area is 626 Å². The van der Waals surface area contributed by atoms with Crippen molar-refractivity contribution in [3.8, 4) is 0 Å². The summed E-state index contributed by atoms with van der Waals surface area (Å²) < 4.78 is 49.6. The molecule has 10 aliphatic carbocycles. The standard InChI is InChI=1S/2C32H54O4S.2C6H12N2.CH3F.CH4.2H2O.2Pt/c2*1-22(2)8-6-9-23(3)27-12-13-28-26-11-10-24-20-25(36-18-7-19-37(35)21-30(33)34)14-16-31(24,4)29(26)15-17-32(27,28)5;2*7-5-3-1-2-4-6(5)8;1-2;;;;;/h2*10,22-23,25-29H,6-9,11-21H2,1-5H3,(H,33,34);2*5-8H,1-4H2;1H3;1H4;2*1H2;;/q;;2*-2;;;;;;+2/p+1/t2*23-,25?,26?,27-,28?,29?,31+,32-,37?;;;;;;;;/m11......../s1/i;;;;1D;;;;;. The number of rotatable bonds is 24. The van der Waals surface area contributed by atoms with E-state index < -0.39 is 40.7 Å². The molecule has 0 aromatic rings. The smallest absolute Gasteiger partial charge is 0.676 e. The SMILES string of the molecule is C.CC(C)CCC[C@@H](C)[C@H]1CCC2C3CC=C4CC(OCCCS(=O)CC(=O)O)CC[C@]4(C)C3CC[C@@]21C.CC(C)CCC[C@@H](C)[C@H]1CCC2C3CC=C4CC(OCCCS(=[OH+])CC(=O)O)CC[C@]4(C)C3CC[C@@]21C.O.O.[2H]CF.[NH-]C1CCCCC1[NH-].[NH-]C1CCCCC1[NH-].[Pt+2].[Pt]. The van der Waals surface area contributed by atoms with Crippen molar-refractivity contribution in [2.45, 2.75) is 319 Å². The zero-order chi connectivity index (χ0) is 68.3. The number of ether oxygens (including phenoxy) is 2. The number of carboxylic acid groups (broad SMARTS) is 2. The summed E-state index contributed by atoms with van der Waals surface area (Å²) in [6, 6.07) is -0.319. The van der Waals surface area contributed by atoms with Crippen LogP contribution >= 0.6 is 0 Å². The molecular weight excluding hydrogens is 1630 g/mol. The van der Waals surface area contributed by atoms with Crippen molar-refractivity contribution < 1.29 is 96.5 Å². The molecule has 0 bridgehead atoms. The number of carboxylic acids is 2. The number of fused-ring (bicyclic) bond motifs is 10. The largest absolute Gasteiger partial charge is 2.00 e. The van der Waals surface area contributed by atoms with Gasteiger partial charge in [-0.1, -0.05) is 190 Å². The van der Waals surface area contributed by atoms with Gasteiger partial charge in [0.1, 0.15) is 5.75 Å². The second-order valence-corrected chi connectivity index (χ2v) is 36.3. The second kappa shape index (κ2) is 45.3. The van der Waals surface area contributed by atoms with Crippen molar-refractivity contribution in [2.24, 2.45) is 92.7 Å². The van der Waals surface area contributed by atoms with E-state index in [0.717, 1.165) is 129 Å². The first-order chi connectivity index (χ1) is 44.1. The number of halogens is 1. The maximum Gasteiger partial charge on any atom is 2.00 e. The third-order valence-corrected chi connectivity index (χ3v) is 29.0. The third kappa shape index (κ3) is 26.0. The van der Waals surface area contributed by atoms with Gasteiger partial charge in [-0.05, 0) is 208 Å². The molecule has 0 radical (unpaired) electrons. The van der Waals surface area contributed by atoms with Crippen molar-refractivity contribution in [3.63, 3.8) is 0 Å². The predicted molar refractivity (Wildman–Crippen MR) is 397 cm³/mol. The maximum atomic E-state index is 11.8. The van der Waals surface area contributed by atoms with Gasteiger partial charge < -0.3 is 53.6 Å². The van der Waals surface area contributed by atoms with Crippen molar-refractivity contribution >= 4 is 33.5 Å². The summed E-state index contributed by atoms with van der Waals surface area (Å²) in [5.74, 6) is 9.08. The molecule has 10 rings (SSSR count). The number of hydrogen-bond donors (Lipinski definition) is 2. The second-order valence-electron chi connectivity index (χ2n) is 33.1. The van der Waals surface area contributed by atoms with Gasteiger partial charge in [-0.15, -0.1) is 0 Å². The van der Waals surface area contributed by atoms with Crippen molar-refractivity contribution in [1.82, 2.24) is 0 Å². The topological polar surface area (TPSA) is 290 Å². The molecule has 8 fully saturated rings. The van der Waals surface area contributed by atoms with Crippen molar-refractivity contribution in [3.05, 3.63) is 46.2 Å². The molecule has 97 heavy (non-hydrogen) atoms. The van der Waals surface area contributed by atoms with Crippen LogP contribution in [0.15, 0.2) is 23.3 Å². The van der Waals surface area contributed by atoms with Gasteiger partial charge in [0.15, 0.2) is 16.6 Å². The fourth-order valence-corrected chi connectivity index (χ4v) is 23.0. The maximum absolute atomic E-state index is 11.8. The molecule has 22 atom stereocenters. The molecule has 576 valence electrons. The van der Waals surface area contributed by atoms with Crippen LogP contribution in [0.2, 0.25) is 0 Å². The van der Waals surface area contributed by atoms with Gasteiger partial charge in [0.25, 0.3) is 0 Å². The molecule has 0 saturated heterocycles. The molecule has 10 aliphatic rings. The first-order valence-corrected chi connectivity index (χ1v) is 40.6. The van der Waals surface area contributed by atoms with Gasteiger partial charge in [0.2, 0.25) is 0 Å². The summed E-state index contributed by atoms with van der Waals surface area (Å²) in [4.78, 5) is 21.5. The normalized spacial score (nSPS) is 36.4. The van der Waals surface area contributed by atoms with Gasteiger partial charge in [0.05, 0.1) is 26.5 Å². The van der Waals surface area contributed by atoms with E-state index in [9.17, 15) is 22.4 Å². The molecule has 0 aromatic carbocycles. The zero-order valence-corrected chi connectivity index (χ0v) is 67.5. The van der Waals surface area contributed by atoms with E-state index in [1.165, 1.54) is 141 Å². The molecule has 14 unspecified atom stereocenters. The van der Waals surface area contributed by atoms with Crippen LogP contribution in [0.25, 0.3) is 22.9 Å². The molecule has 11 N–H and O–H groups in total. The Bertz CT molecular complexity index is 2230. The molecule has 0 amide bonds. The number of allylic oxidation sites excluding steroid dienone is 2. The van der Waals surface area contributed by atoms with Gasteiger partial charge in [-0.25, -0.2) is 0 Å². The van der Waals surface area contributed by atoms with E-state index in [2.05, 4.69) is 81.4 Å². The number of nitrogens with one attached hydrogen (secondary N) is 4. The van der Waals surface area contributed by atoms with E-state index >= 15 is 0 Å². The molecule has 8 saturated carbocycles. The molecule has 0 aromatic heterocycles. The Morgan fingerprint density at radius 2 is 0.938 bits per heavy atom. The Morgan fingerprint density at radius 3 is 1.28 bits per heavy atom. The molecule has 19 heteroatoms. The minimum atomic E-state index is -1.28. The average molecular weight is 1770 g/mol. The van der Waals surface area contributed by atoms with Crippen LogP contribution in [0.3, 0.4) is 0 Å². The minimum Gasteiger partial charge on any atom is -0.676 e. The van der Waals surface area contributed by atoms with Gasteiger partial charge in [-0.3, -0.25) is 22.4 Å². The fraction of sp³-hybridized carbons (Fsp3) is 0.923. The van der Waals surface area contributed by atoms with E-state index in [1.807, 2.05) is 0 Å². The summed E-state index contributed by atoms with van der Waals surface area (Å²) in [7, 11) is -3.31. The van der Waals surface area contributed by atoms with Crippen LogP contribution in [0.4, 0.5) is 4.39 Å². The molecule has 14 nitrogen and oxygen atoms in total. The quantitative estimate of drug-likeness (QED) is 0.0534.